The average Bonchev–Trinajstić information content (AvgIpc) is 3.16. The van der Waals surface area contributed by atoms with Gasteiger partial charge in [0.05, 0.1) is 18.8 Å². The first-order valence-corrected chi connectivity index (χ1v) is 8.72. The number of likely N-dealkylation sites (tertiary alicyclic amines) is 1. The van der Waals surface area contributed by atoms with Gasteiger partial charge in [-0.05, 0) is 31.0 Å². The van der Waals surface area contributed by atoms with Gasteiger partial charge in [0.15, 0.2) is 5.82 Å². The topological polar surface area (TPSA) is 77.7 Å². The molecule has 0 aliphatic carbocycles. The fourth-order valence-electron chi connectivity index (χ4n) is 2.97. The molecule has 1 aliphatic heterocycles. The number of ether oxygens (including phenoxy) is 2. The lowest BCUT2D eigenvalue weighted by molar-refractivity contribution is 0.0494. The molecule has 2 heterocycles. The Morgan fingerprint density at radius 2 is 2.07 bits per heavy atom. The number of benzene rings is 1. The summed E-state index contributed by atoms with van der Waals surface area (Å²) in [5.74, 6) is -0.860. The highest BCUT2D eigenvalue weighted by Gasteiger charge is 2.28. The molecule has 0 radical (unpaired) electrons. The SMILES string of the molecule is COCCOCc1nc(C2CCN(C(=O)c3cc(F)ccc3F)CC2)no1. The van der Waals surface area contributed by atoms with Crippen molar-refractivity contribution in [2.24, 2.45) is 0 Å². The Bertz CT molecular complexity index is 776. The summed E-state index contributed by atoms with van der Waals surface area (Å²) in [4.78, 5) is 18.3. The van der Waals surface area contributed by atoms with E-state index in [1.165, 1.54) is 4.90 Å². The van der Waals surface area contributed by atoms with E-state index >= 15 is 0 Å². The van der Waals surface area contributed by atoms with Crippen LogP contribution in [0, 0.1) is 11.6 Å². The van der Waals surface area contributed by atoms with Crippen molar-refractivity contribution < 1.29 is 27.6 Å². The lowest BCUT2D eigenvalue weighted by Gasteiger charge is -2.30. The zero-order valence-corrected chi connectivity index (χ0v) is 15.0. The Morgan fingerprint density at radius 3 is 2.81 bits per heavy atom. The van der Waals surface area contributed by atoms with Crippen molar-refractivity contribution in [2.75, 3.05) is 33.4 Å². The maximum Gasteiger partial charge on any atom is 0.256 e. The fourth-order valence-corrected chi connectivity index (χ4v) is 2.97. The monoisotopic (exact) mass is 381 g/mol. The predicted molar refractivity (Wildman–Crippen MR) is 90.1 cm³/mol. The van der Waals surface area contributed by atoms with E-state index in [-0.39, 0.29) is 18.1 Å². The van der Waals surface area contributed by atoms with Crippen LogP contribution in [-0.4, -0.2) is 54.4 Å². The van der Waals surface area contributed by atoms with Gasteiger partial charge in [0.25, 0.3) is 11.8 Å². The molecule has 1 saturated heterocycles. The van der Waals surface area contributed by atoms with Gasteiger partial charge >= 0.3 is 0 Å². The van der Waals surface area contributed by atoms with Gasteiger partial charge < -0.3 is 18.9 Å². The number of amides is 1. The molecule has 9 heteroatoms. The van der Waals surface area contributed by atoms with Gasteiger partial charge in [-0.15, -0.1) is 0 Å². The molecule has 0 spiro atoms. The zero-order valence-electron chi connectivity index (χ0n) is 15.0. The number of hydrogen-bond donors (Lipinski definition) is 0. The molecule has 3 rings (SSSR count). The minimum absolute atomic E-state index is 0.0443. The molecule has 7 nitrogen and oxygen atoms in total. The standard InChI is InChI=1S/C18H21F2N3O4/c1-25-8-9-26-11-16-21-17(22-27-16)12-4-6-23(7-5-12)18(24)14-10-13(19)2-3-15(14)20/h2-3,10,12H,4-9,11H2,1H3. The Hall–Kier alpha value is -2.39. The van der Waals surface area contributed by atoms with E-state index in [1.54, 1.807) is 7.11 Å². The normalized spacial score (nSPS) is 15.3. The van der Waals surface area contributed by atoms with Crippen molar-refractivity contribution >= 4 is 5.91 Å². The Balaban J connectivity index is 1.53. The molecule has 1 fully saturated rings. The van der Waals surface area contributed by atoms with Crippen molar-refractivity contribution in [1.29, 1.82) is 0 Å². The number of piperidine rings is 1. The number of carbonyl (C=O) groups excluding carboxylic acids is 1. The number of rotatable bonds is 7. The van der Waals surface area contributed by atoms with E-state index in [9.17, 15) is 13.6 Å². The molecule has 0 atom stereocenters. The van der Waals surface area contributed by atoms with E-state index in [4.69, 9.17) is 14.0 Å². The second-order valence-corrected chi connectivity index (χ2v) is 6.28. The molecule has 1 amide bonds. The van der Waals surface area contributed by atoms with E-state index < -0.39 is 17.5 Å². The first-order chi connectivity index (χ1) is 13.1. The predicted octanol–water partition coefficient (Wildman–Crippen LogP) is 2.53. The molecule has 0 saturated carbocycles. The molecule has 1 aromatic heterocycles. The number of hydrogen-bond acceptors (Lipinski definition) is 6. The van der Waals surface area contributed by atoms with Crippen LogP contribution in [0.5, 0.6) is 0 Å². The van der Waals surface area contributed by atoms with Crippen LogP contribution in [0.25, 0.3) is 0 Å². The van der Waals surface area contributed by atoms with Gasteiger partial charge in [-0.1, -0.05) is 5.16 Å². The number of methoxy groups -OCH3 is 1. The van der Waals surface area contributed by atoms with Crippen LogP contribution in [0.2, 0.25) is 0 Å². The molecule has 1 aliphatic rings. The summed E-state index contributed by atoms with van der Waals surface area (Å²) < 4.78 is 42.5. The summed E-state index contributed by atoms with van der Waals surface area (Å²) in [6, 6.07) is 2.88. The van der Waals surface area contributed by atoms with Crippen molar-refractivity contribution in [3.63, 3.8) is 0 Å². The Kier molecular flexibility index (Phi) is 6.46. The maximum atomic E-state index is 13.8. The molecule has 27 heavy (non-hydrogen) atoms. The zero-order chi connectivity index (χ0) is 19.2. The van der Waals surface area contributed by atoms with Gasteiger partial charge in [-0.2, -0.15) is 4.98 Å². The molecular weight excluding hydrogens is 360 g/mol. The fraction of sp³-hybridized carbons (Fsp3) is 0.500. The Morgan fingerprint density at radius 1 is 1.30 bits per heavy atom. The van der Waals surface area contributed by atoms with Gasteiger partial charge in [0, 0.05) is 26.1 Å². The molecule has 0 unspecified atom stereocenters. The van der Waals surface area contributed by atoms with Crippen molar-refractivity contribution in [1.82, 2.24) is 15.0 Å². The highest BCUT2D eigenvalue weighted by atomic mass is 19.1. The van der Waals surface area contributed by atoms with Crippen molar-refractivity contribution in [2.45, 2.75) is 25.4 Å². The molecule has 0 bridgehead atoms. The van der Waals surface area contributed by atoms with Crippen LogP contribution < -0.4 is 0 Å². The summed E-state index contributed by atoms with van der Waals surface area (Å²) in [7, 11) is 1.59. The van der Waals surface area contributed by atoms with Gasteiger partial charge in [0.1, 0.15) is 18.2 Å². The highest BCUT2D eigenvalue weighted by molar-refractivity contribution is 5.94. The quantitative estimate of drug-likeness (QED) is 0.686. The average molecular weight is 381 g/mol. The number of halogens is 2. The van der Waals surface area contributed by atoms with Gasteiger partial charge in [-0.3, -0.25) is 4.79 Å². The molecule has 1 aromatic carbocycles. The third-order valence-corrected chi connectivity index (χ3v) is 4.45. The summed E-state index contributed by atoms with van der Waals surface area (Å²) in [5.41, 5.74) is -0.247. The van der Waals surface area contributed by atoms with Crippen molar-refractivity contribution in [3.05, 3.63) is 47.1 Å². The lowest BCUT2D eigenvalue weighted by atomic mass is 9.95. The van der Waals surface area contributed by atoms with Gasteiger partial charge in [-0.25, -0.2) is 8.78 Å². The second-order valence-electron chi connectivity index (χ2n) is 6.28. The summed E-state index contributed by atoms with van der Waals surface area (Å²) in [6.45, 7) is 1.96. The van der Waals surface area contributed by atoms with E-state index in [0.717, 1.165) is 18.2 Å². The summed E-state index contributed by atoms with van der Waals surface area (Å²) in [5, 5.41) is 3.98. The van der Waals surface area contributed by atoms with Crippen LogP contribution in [0.1, 0.15) is 40.8 Å². The molecular formula is C18H21F2N3O4. The van der Waals surface area contributed by atoms with E-state index in [2.05, 4.69) is 10.1 Å². The summed E-state index contributed by atoms with van der Waals surface area (Å²) >= 11 is 0. The van der Waals surface area contributed by atoms with E-state index in [1.807, 2.05) is 0 Å². The highest BCUT2D eigenvalue weighted by Crippen LogP contribution is 2.27. The number of carbonyl (C=O) groups is 1. The largest absolute Gasteiger partial charge is 0.382 e. The Labute approximate surface area is 155 Å². The number of aromatic nitrogens is 2. The first kappa shape index (κ1) is 19.4. The van der Waals surface area contributed by atoms with Crippen LogP contribution in [-0.2, 0) is 16.1 Å². The molecule has 2 aromatic rings. The smallest absolute Gasteiger partial charge is 0.256 e. The molecule has 0 N–H and O–H groups in total. The lowest BCUT2D eigenvalue weighted by Crippen LogP contribution is -2.38. The van der Waals surface area contributed by atoms with Gasteiger partial charge in [0.2, 0.25) is 0 Å². The first-order valence-electron chi connectivity index (χ1n) is 8.72. The van der Waals surface area contributed by atoms with E-state index in [0.29, 0.717) is 50.9 Å². The second kappa shape index (κ2) is 9.01. The van der Waals surface area contributed by atoms with Crippen LogP contribution in [0.3, 0.4) is 0 Å². The third-order valence-electron chi connectivity index (χ3n) is 4.45. The molecule has 146 valence electrons. The summed E-state index contributed by atoms with van der Waals surface area (Å²) in [6.07, 6.45) is 1.23. The minimum atomic E-state index is -0.722. The number of nitrogens with zero attached hydrogens (tertiary/aromatic N) is 3. The van der Waals surface area contributed by atoms with Crippen molar-refractivity contribution in [3.8, 4) is 0 Å². The van der Waals surface area contributed by atoms with Crippen LogP contribution >= 0.6 is 0 Å². The maximum absolute atomic E-state index is 13.8. The minimum Gasteiger partial charge on any atom is -0.382 e. The van der Waals surface area contributed by atoms with Crippen LogP contribution in [0.15, 0.2) is 22.7 Å². The third kappa shape index (κ3) is 4.86. The van der Waals surface area contributed by atoms with Crippen LogP contribution in [0.4, 0.5) is 8.78 Å².